The SMILES string of the molecule is CC.Cc1cc(OCCN2CCN(C)CC2)ccc1F. The molecule has 1 aliphatic heterocycles. The van der Waals surface area contributed by atoms with Crippen molar-refractivity contribution in [2.45, 2.75) is 20.8 Å². The van der Waals surface area contributed by atoms with E-state index in [9.17, 15) is 4.39 Å². The van der Waals surface area contributed by atoms with Crippen LogP contribution in [0.15, 0.2) is 18.2 Å². The van der Waals surface area contributed by atoms with E-state index in [1.807, 2.05) is 13.8 Å². The Hall–Kier alpha value is -1.13. The van der Waals surface area contributed by atoms with Crippen molar-refractivity contribution in [3.8, 4) is 5.75 Å². The molecule has 0 aliphatic carbocycles. The molecule has 0 unspecified atom stereocenters. The minimum absolute atomic E-state index is 0.179. The molecule has 0 spiro atoms. The minimum Gasteiger partial charge on any atom is -0.492 e. The highest BCUT2D eigenvalue weighted by Gasteiger charge is 2.13. The summed E-state index contributed by atoms with van der Waals surface area (Å²) in [5.74, 6) is 0.574. The van der Waals surface area contributed by atoms with Gasteiger partial charge < -0.3 is 9.64 Å². The van der Waals surface area contributed by atoms with Crippen LogP contribution in [0.3, 0.4) is 0 Å². The van der Waals surface area contributed by atoms with Gasteiger partial charge in [0.1, 0.15) is 18.2 Å². The number of hydrogen-bond donors (Lipinski definition) is 0. The maximum atomic E-state index is 13.1. The van der Waals surface area contributed by atoms with Crippen LogP contribution in [0.5, 0.6) is 5.75 Å². The average Bonchev–Trinajstić information content (AvgIpc) is 2.47. The number of likely N-dealkylation sites (N-methyl/N-ethyl adjacent to an activating group) is 1. The lowest BCUT2D eigenvalue weighted by Crippen LogP contribution is -2.45. The number of benzene rings is 1. The van der Waals surface area contributed by atoms with E-state index >= 15 is 0 Å². The first-order valence-corrected chi connectivity index (χ1v) is 7.45. The summed E-state index contributed by atoms with van der Waals surface area (Å²) in [5.41, 5.74) is 0.632. The Morgan fingerprint density at radius 3 is 2.40 bits per heavy atom. The van der Waals surface area contributed by atoms with Gasteiger partial charge in [-0.2, -0.15) is 0 Å². The number of nitrogens with zero attached hydrogens (tertiary/aromatic N) is 2. The second-order valence-electron chi connectivity index (χ2n) is 4.90. The van der Waals surface area contributed by atoms with Gasteiger partial charge in [-0.25, -0.2) is 4.39 Å². The van der Waals surface area contributed by atoms with Gasteiger partial charge in [-0.05, 0) is 37.7 Å². The normalized spacial score (nSPS) is 16.4. The van der Waals surface area contributed by atoms with E-state index in [1.165, 1.54) is 6.07 Å². The van der Waals surface area contributed by atoms with Crippen LogP contribution in [0.1, 0.15) is 19.4 Å². The fourth-order valence-electron chi connectivity index (χ4n) is 2.07. The van der Waals surface area contributed by atoms with Crippen LogP contribution in [0.4, 0.5) is 4.39 Å². The molecule has 114 valence electrons. The molecule has 1 saturated heterocycles. The first kappa shape index (κ1) is 16.9. The zero-order chi connectivity index (χ0) is 15.0. The number of halogens is 1. The summed E-state index contributed by atoms with van der Waals surface area (Å²) in [5, 5.41) is 0. The highest BCUT2D eigenvalue weighted by Crippen LogP contribution is 2.15. The Morgan fingerprint density at radius 1 is 1.15 bits per heavy atom. The van der Waals surface area contributed by atoms with Crippen LogP contribution in [0.25, 0.3) is 0 Å². The number of hydrogen-bond acceptors (Lipinski definition) is 3. The Morgan fingerprint density at radius 2 is 1.80 bits per heavy atom. The molecule has 1 aromatic rings. The van der Waals surface area contributed by atoms with Gasteiger partial charge in [-0.15, -0.1) is 0 Å². The standard InChI is InChI=1S/C14H21FN2O.C2H6/c1-12-11-13(3-4-14(12)15)18-10-9-17-7-5-16(2)6-8-17;1-2/h3-4,11H,5-10H2,1-2H3;1-2H3. The maximum absolute atomic E-state index is 13.1. The third-order valence-electron chi connectivity index (χ3n) is 3.40. The smallest absolute Gasteiger partial charge is 0.126 e. The van der Waals surface area contributed by atoms with E-state index in [2.05, 4.69) is 16.8 Å². The number of ether oxygens (including phenoxy) is 1. The quantitative estimate of drug-likeness (QED) is 0.844. The fraction of sp³-hybridized carbons (Fsp3) is 0.625. The third-order valence-corrected chi connectivity index (χ3v) is 3.40. The Labute approximate surface area is 122 Å². The van der Waals surface area contributed by atoms with Crippen molar-refractivity contribution >= 4 is 0 Å². The molecule has 20 heavy (non-hydrogen) atoms. The number of piperazine rings is 1. The highest BCUT2D eigenvalue weighted by molar-refractivity contribution is 5.28. The van der Waals surface area contributed by atoms with Crippen molar-refractivity contribution in [2.24, 2.45) is 0 Å². The van der Waals surface area contributed by atoms with Crippen molar-refractivity contribution in [3.05, 3.63) is 29.6 Å². The van der Waals surface area contributed by atoms with Crippen molar-refractivity contribution < 1.29 is 9.13 Å². The first-order valence-electron chi connectivity index (χ1n) is 7.45. The van der Waals surface area contributed by atoms with Gasteiger partial charge in [-0.1, -0.05) is 13.8 Å². The summed E-state index contributed by atoms with van der Waals surface area (Å²) in [4.78, 5) is 4.73. The zero-order valence-electron chi connectivity index (χ0n) is 13.2. The summed E-state index contributed by atoms with van der Waals surface area (Å²) in [6, 6.07) is 4.89. The largest absolute Gasteiger partial charge is 0.492 e. The lowest BCUT2D eigenvalue weighted by Gasteiger charge is -2.32. The van der Waals surface area contributed by atoms with Crippen LogP contribution in [-0.4, -0.2) is 56.2 Å². The second kappa shape index (κ2) is 8.93. The molecule has 0 amide bonds. The van der Waals surface area contributed by atoms with Crippen molar-refractivity contribution in [1.29, 1.82) is 0 Å². The molecule has 0 saturated carbocycles. The fourth-order valence-corrected chi connectivity index (χ4v) is 2.07. The van der Waals surface area contributed by atoms with Crippen LogP contribution < -0.4 is 4.74 Å². The molecule has 2 rings (SSSR count). The van der Waals surface area contributed by atoms with Gasteiger partial charge in [0.2, 0.25) is 0 Å². The van der Waals surface area contributed by atoms with Gasteiger partial charge in [0, 0.05) is 32.7 Å². The molecule has 1 heterocycles. The summed E-state index contributed by atoms with van der Waals surface area (Å²) < 4.78 is 18.7. The van der Waals surface area contributed by atoms with Gasteiger partial charge in [-0.3, -0.25) is 4.90 Å². The van der Waals surface area contributed by atoms with Crippen molar-refractivity contribution in [2.75, 3.05) is 46.4 Å². The van der Waals surface area contributed by atoms with Gasteiger partial charge >= 0.3 is 0 Å². The van der Waals surface area contributed by atoms with Crippen LogP contribution in [0, 0.1) is 12.7 Å². The van der Waals surface area contributed by atoms with Crippen LogP contribution >= 0.6 is 0 Å². The van der Waals surface area contributed by atoms with E-state index in [4.69, 9.17) is 4.74 Å². The molecular formula is C16H27FN2O. The molecule has 1 aromatic carbocycles. The monoisotopic (exact) mass is 282 g/mol. The van der Waals surface area contributed by atoms with Crippen molar-refractivity contribution in [3.63, 3.8) is 0 Å². The molecule has 0 aromatic heterocycles. The first-order chi connectivity index (χ1) is 9.65. The molecule has 0 bridgehead atoms. The third kappa shape index (κ3) is 5.47. The van der Waals surface area contributed by atoms with Crippen LogP contribution in [0.2, 0.25) is 0 Å². The molecule has 3 nitrogen and oxygen atoms in total. The highest BCUT2D eigenvalue weighted by atomic mass is 19.1. The van der Waals surface area contributed by atoms with Crippen molar-refractivity contribution in [1.82, 2.24) is 9.80 Å². The summed E-state index contributed by atoms with van der Waals surface area (Å²) >= 11 is 0. The molecule has 1 fully saturated rings. The topological polar surface area (TPSA) is 15.7 Å². The summed E-state index contributed by atoms with van der Waals surface area (Å²) in [6.07, 6.45) is 0. The Balaban J connectivity index is 0.000000956. The molecule has 1 aliphatic rings. The predicted molar refractivity (Wildman–Crippen MR) is 81.9 cm³/mol. The van der Waals surface area contributed by atoms with E-state index in [1.54, 1.807) is 19.1 Å². The molecule has 0 radical (unpaired) electrons. The number of aryl methyl sites for hydroxylation is 1. The van der Waals surface area contributed by atoms with E-state index in [0.29, 0.717) is 12.2 Å². The molecule has 0 N–H and O–H groups in total. The van der Waals surface area contributed by atoms with E-state index in [-0.39, 0.29) is 5.82 Å². The maximum Gasteiger partial charge on any atom is 0.126 e. The van der Waals surface area contributed by atoms with Gasteiger partial charge in [0.05, 0.1) is 0 Å². The summed E-state index contributed by atoms with van der Waals surface area (Å²) in [7, 11) is 2.15. The average molecular weight is 282 g/mol. The van der Waals surface area contributed by atoms with Gasteiger partial charge in [0.15, 0.2) is 0 Å². The molecular weight excluding hydrogens is 255 g/mol. The lowest BCUT2D eigenvalue weighted by atomic mass is 10.2. The Bertz CT molecular complexity index is 390. The minimum atomic E-state index is -0.179. The van der Waals surface area contributed by atoms with E-state index in [0.717, 1.165) is 38.5 Å². The lowest BCUT2D eigenvalue weighted by molar-refractivity contribution is 0.133. The molecule has 4 heteroatoms. The predicted octanol–water partition coefficient (Wildman–Crippen LogP) is 2.79. The molecule has 0 atom stereocenters. The van der Waals surface area contributed by atoms with Crippen LogP contribution in [-0.2, 0) is 0 Å². The summed E-state index contributed by atoms with van der Waals surface area (Å²) in [6.45, 7) is 11.8. The zero-order valence-corrected chi connectivity index (χ0v) is 13.2. The van der Waals surface area contributed by atoms with Gasteiger partial charge in [0.25, 0.3) is 0 Å². The second-order valence-corrected chi connectivity index (χ2v) is 4.90. The Kier molecular flexibility index (Phi) is 7.55. The van der Waals surface area contributed by atoms with E-state index < -0.39 is 0 Å². The number of rotatable bonds is 4.